The first kappa shape index (κ1) is 21.0. The summed E-state index contributed by atoms with van der Waals surface area (Å²) in [6.07, 6.45) is 1.09. The Morgan fingerprint density at radius 1 is 1.09 bits per heavy atom. The molecule has 5 nitrogen and oxygen atoms in total. The van der Waals surface area contributed by atoms with Crippen molar-refractivity contribution in [3.63, 3.8) is 0 Å². The van der Waals surface area contributed by atoms with Crippen molar-refractivity contribution < 1.29 is 23.1 Å². The van der Waals surface area contributed by atoms with Crippen LogP contribution in [0.4, 0.5) is 4.39 Å². The van der Waals surface area contributed by atoms with Gasteiger partial charge in [0.2, 0.25) is 0 Å². The van der Waals surface area contributed by atoms with E-state index >= 15 is 0 Å². The maximum Gasteiger partial charge on any atom is 0.290 e. The summed E-state index contributed by atoms with van der Waals surface area (Å²) in [6.45, 7) is 6.64. The van der Waals surface area contributed by atoms with E-state index in [2.05, 4.69) is 20.8 Å². The Kier molecular flexibility index (Phi) is 4.99. The molecule has 32 heavy (non-hydrogen) atoms. The van der Waals surface area contributed by atoms with Gasteiger partial charge in [0.1, 0.15) is 18.0 Å². The number of alkyl halides is 1. The van der Waals surface area contributed by atoms with Crippen LogP contribution >= 0.6 is 0 Å². The second-order valence-corrected chi connectivity index (χ2v) is 10.1. The van der Waals surface area contributed by atoms with Gasteiger partial charge in [0.25, 0.3) is 5.91 Å². The van der Waals surface area contributed by atoms with Gasteiger partial charge >= 0.3 is 0 Å². The summed E-state index contributed by atoms with van der Waals surface area (Å²) in [4.78, 5) is 28.7. The molecule has 0 bridgehead atoms. The number of benzene rings is 1. The molecule has 1 saturated carbocycles. The number of Topliss-reactive ketones (excluding diaryl/α,β-unsaturated/α-hetero) is 1. The van der Waals surface area contributed by atoms with Gasteiger partial charge in [-0.1, -0.05) is 45.0 Å². The van der Waals surface area contributed by atoms with Crippen LogP contribution in [-0.4, -0.2) is 28.9 Å². The Hall–Kier alpha value is -2.89. The van der Waals surface area contributed by atoms with Crippen molar-refractivity contribution in [1.29, 1.82) is 0 Å². The summed E-state index contributed by atoms with van der Waals surface area (Å²) < 4.78 is 25.7. The molecule has 2 aliphatic heterocycles. The number of rotatable bonds is 3. The summed E-state index contributed by atoms with van der Waals surface area (Å²) in [5.74, 6) is -0.243. The fraction of sp³-hybridized carbons (Fsp3) is 0.462. The van der Waals surface area contributed by atoms with Crippen molar-refractivity contribution in [2.24, 2.45) is 5.92 Å². The Bertz CT molecular complexity index is 1060. The van der Waals surface area contributed by atoms with Crippen molar-refractivity contribution in [3.05, 3.63) is 70.9 Å². The normalized spacial score (nSPS) is 27.9. The van der Waals surface area contributed by atoms with E-state index in [0.29, 0.717) is 24.2 Å². The lowest BCUT2D eigenvalue weighted by atomic mass is 9.77. The molecule has 5 rings (SSSR count). The van der Waals surface area contributed by atoms with Gasteiger partial charge in [0.15, 0.2) is 11.5 Å². The zero-order chi connectivity index (χ0) is 22.6. The Morgan fingerprint density at radius 2 is 1.84 bits per heavy atom. The third-order valence-electron chi connectivity index (χ3n) is 6.88. The number of carbonyl (C=O) groups is 2. The second kappa shape index (κ2) is 7.61. The van der Waals surface area contributed by atoms with Crippen LogP contribution in [-0.2, 0) is 26.3 Å². The molecule has 3 heterocycles. The Balaban J connectivity index is 1.57. The maximum absolute atomic E-state index is 14.1. The molecule has 2 aromatic rings. The predicted molar refractivity (Wildman–Crippen MR) is 116 cm³/mol. The SMILES string of the molecule is CC(C)(C)c1ccc(C2C3=C(OC4CCC(F)CC4C3=O)C(=O)N2Cc2ccco2)cc1. The van der Waals surface area contributed by atoms with Gasteiger partial charge in [-0.15, -0.1) is 0 Å². The van der Waals surface area contributed by atoms with E-state index < -0.39 is 24.2 Å². The number of hydrogen-bond donors (Lipinski definition) is 0. The standard InChI is InChI=1S/C26H28FNO4/c1-26(2,3)16-8-6-15(7-9-16)22-21-23(29)19-13-17(27)10-11-20(19)32-24(21)25(30)28(22)14-18-5-4-12-31-18/h4-9,12,17,19-20,22H,10-11,13-14H2,1-3H3. The predicted octanol–water partition coefficient (Wildman–Crippen LogP) is 5.02. The highest BCUT2D eigenvalue weighted by Crippen LogP contribution is 2.47. The van der Waals surface area contributed by atoms with Crippen molar-refractivity contribution in [1.82, 2.24) is 4.90 Å². The molecule has 168 valence electrons. The summed E-state index contributed by atoms with van der Waals surface area (Å²) in [7, 11) is 0. The monoisotopic (exact) mass is 437 g/mol. The summed E-state index contributed by atoms with van der Waals surface area (Å²) in [5, 5.41) is 0. The number of halogens is 1. The molecule has 1 amide bonds. The average Bonchev–Trinajstić information content (AvgIpc) is 3.36. The van der Waals surface area contributed by atoms with Gasteiger partial charge in [-0.25, -0.2) is 4.39 Å². The minimum absolute atomic E-state index is 0.0163. The Morgan fingerprint density at radius 3 is 2.50 bits per heavy atom. The minimum Gasteiger partial charge on any atom is -0.483 e. The van der Waals surface area contributed by atoms with Crippen molar-refractivity contribution in [2.75, 3.05) is 0 Å². The van der Waals surface area contributed by atoms with Crippen LogP contribution in [0.15, 0.2) is 58.4 Å². The number of ether oxygens (including phenoxy) is 1. The summed E-state index contributed by atoms with van der Waals surface area (Å²) >= 11 is 0. The van der Waals surface area contributed by atoms with Gasteiger partial charge in [0, 0.05) is 0 Å². The molecular weight excluding hydrogens is 409 g/mol. The smallest absolute Gasteiger partial charge is 0.290 e. The first-order chi connectivity index (χ1) is 15.2. The van der Waals surface area contributed by atoms with Crippen LogP contribution in [0.3, 0.4) is 0 Å². The van der Waals surface area contributed by atoms with E-state index in [1.54, 1.807) is 23.3 Å². The van der Waals surface area contributed by atoms with Gasteiger partial charge < -0.3 is 14.1 Å². The molecule has 1 fully saturated rings. The molecule has 1 aromatic heterocycles. The van der Waals surface area contributed by atoms with Crippen LogP contribution in [0.1, 0.15) is 63.0 Å². The van der Waals surface area contributed by atoms with Gasteiger partial charge in [0.05, 0.1) is 30.3 Å². The van der Waals surface area contributed by atoms with Crippen LogP contribution in [0.5, 0.6) is 0 Å². The summed E-state index contributed by atoms with van der Waals surface area (Å²) in [6, 6.07) is 11.0. The van der Waals surface area contributed by atoms with E-state index in [4.69, 9.17) is 9.15 Å². The number of amides is 1. The van der Waals surface area contributed by atoms with E-state index in [0.717, 1.165) is 11.1 Å². The lowest BCUT2D eigenvalue weighted by molar-refractivity contribution is -0.136. The largest absolute Gasteiger partial charge is 0.483 e. The van der Waals surface area contributed by atoms with Gasteiger partial charge in [-0.3, -0.25) is 9.59 Å². The first-order valence-corrected chi connectivity index (χ1v) is 11.3. The van der Waals surface area contributed by atoms with Gasteiger partial charge in [-0.2, -0.15) is 0 Å². The average molecular weight is 438 g/mol. The molecule has 0 saturated heterocycles. The summed E-state index contributed by atoms with van der Waals surface area (Å²) in [5.41, 5.74) is 2.35. The lowest BCUT2D eigenvalue weighted by Gasteiger charge is -2.36. The zero-order valence-corrected chi connectivity index (χ0v) is 18.6. The number of ketones is 1. The zero-order valence-electron chi connectivity index (χ0n) is 18.6. The maximum atomic E-state index is 14.1. The minimum atomic E-state index is -1.01. The number of carbonyl (C=O) groups excluding carboxylic acids is 2. The van der Waals surface area contributed by atoms with E-state index in [1.165, 1.54) is 0 Å². The second-order valence-electron chi connectivity index (χ2n) is 10.1. The van der Waals surface area contributed by atoms with Crippen molar-refractivity contribution in [2.45, 2.75) is 70.3 Å². The van der Waals surface area contributed by atoms with E-state index in [9.17, 15) is 14.0 Å². The highest BCUT2D eigenvalue weighted by atomic mass is 19.1. The molecule has 6 heteroatoms. The van der Waals surface area contributed by atoms with Crippen LogP contribution < -0.4 is 0 Å². The first-order valence-electron chi connectivity index (χ1n) is 11.3. The molecular formula is C26H28FNO4. The van der Waals surface area contributed by atoms with Gasteiger partial charge in [-0.05, 0) is 47.9 Å². The third-order valence-corrected chi connectivity index (χ3v) is 6.88. The fourth-order valence-electron chi connectivity index (χ4n) is 5.11. The van der Waals surface area contributed by atoms with Crippen LogP contribution in [0.2, 0.25) is 0 Å². The molecule has 4 atom stereocenters. The molecule has 0 radical (unpaired) electrons. The topological polar surface area (TPSA) is 59.8 Å². The van der Waals surface area contributed by atoms with E-state index in [-0.39, 0.29) is 35.8 Å². The number of hydrogen-bond acceptors (Lipinski definition) is 4. The number of furan rings is 1. The molecule has 0 spiro atoms. The van der Waals surface area contributed by atoms with Crippen molar-refractivity contribution >= 4 is 11.7 Å². The molecule has 4 unspecified atom stereocenters. The highest BCUT2D eigenvalue weighted by Gasteiger charge is 2.53. The van der Waals surface area contributed by atoms with Crippen LogP contribution in [0.25, 0.3) is 0 Å². The lowest BCUT2D eigenvalue weighted by Crippen LogP contribution is -2.42. The fourth-order valence-corrected chi connectivity index (χ4v) is 5.11. The van der Waals surface area contributed by atoms with Crippen molar-refractivity contribution in [3.8, 4) is 0 Å². The quantitative estimate of drug-likeness (QED) is 0.677. The van der Waals surface area contributed by atoms with E-state index in [1.807, 2.05) is 24.3 Å². The Labute approximate surface area is 187 Å². The molecule has 3 aliphatic rings. The number of fused-ring (bicyclic) bond motifs is 1. The third kappa shape index (κ3) is 3.46. The highest BCUT2D eigenvalue weighted by molar-refractivity contribution is 6.11. The molecule has 0 N–H and O–H groups in total. The number of nitrogens with zero attached hydrogens (tertiary/aromatic N) is 1. The molecule has 1 aromatic carbocycles. The molecule has 1 aliphatic carbocycles. The van der Waals surface area contributed by atoms with Crippen LogP contribution in [0, 0.1) is 5.92 Å².